The van der Waals surface area contributed by atoms with Crippen LogP contribution in [0.4, 0.5) is 0 Å². The molecule has 0 spiro atoms. The summed E-state index contributed by atoms with van der Waals surface area (Å²) in [4.78, 5) is 12.1. The fraction of sp³-hybridized carbons (Fsp3) is 0.500. The van der Waals surface area contributed by atoms with Gasteiger partial charge >= 0.3 is 5.97 Å². The molecule has 0 aliphatic rings. The van der Waals surface area contributed by atoms with Gasteiger partial charge in [-0.3, -0.25) is 9.69 Å². The second-order valence-corrected chi connectivity index (χ2v) is 3.29. The lowest BCUT2D eigenvalue weighted by Crippen LogP contribution is -2.24. The smallest absolute Gasteiger partial charge is 0.317 e. The minimum Gasteiger partial charge on any atom is -0.480 e. The van der Waals surface area contributed by atoms with E-state index in [1.165, 1.54) is 0 Å². The average Bonchev–Trinajstić information content (AvgIpc) is 2.50. The van der Waals surface area contributed by atoms with Gasteiger partial charge in [-0.25, -0.2) is 0 Å². The molecule has 1 aromatic heterocycles. The van der Waals surface area contributed by atoms with Gasteiger partial charge in [-0.1, -0.05) is 6.92 Å². The molecular formula is C10H15NO3. The molecule has 0 saturated heterocycles. The molecule has 1 heterocycles. The lowest BCUT2D eigenvalue weighted by Gasteiger charge is -2.11. The standard InChI is InChI=1S/C10H15NO3/c1-3-8-4-5-9(14-8)6-11(2)7-10(12)13/h4-5H,3,6-7H2,1-2H3,(H,12,13). The van der Waals surface area contributed by atoms with Crippen LogP contribution in [0.5, 0.6) is 0 Å². The highest BCUT2D eigenvalue weighted by molar-refractivity contribution is 5.68. The number of nitrogens with zero attached hydrogens (tertiary/aromatic N) is 1. The fourth-order valence-electron chi connectivity index (χ4n) is 1.25. The molecule has 78 valence electrons. The molecule has 0 saturated carbocycles. The van der Waals surface area contributed by atoms with Gasteiger partial charge in [-0.2, -0.15) is 0 Å². The maximum Gasteiger partial charge on any atom is 0.317 e. The molecule has 4 heteroatoms. The van der Waals surface area contributed by atoms with Crippen LogP contribution in [-0.2, 0) is 17.8 Å². The zero-order chi connectivity index (χ0) is 10.6. The molecule has 0 bridgehead atoms. The molecule has 4 nitrogen and oxygen atoms in total. The third kappa shape index (κ3) is 3.22. The molecule has 1 aromatic rings. The molecule has 1 N–H and O–H groups in total. The first-order chi connectivity index (χ1) is 6.61. The number of furan rings is 1. The van der Waals surface area contributed by atoms with Gasteiger partial charge in [-0.05, 0) is 19.2 Å². The van der Waals surface area contributed by atoms with Gasteiger partial charge < -0.3 is 9.52 Å². The Labute approximate surface area is 83.1 Å². The third-order valence-corrected chi connectivity index (χ3v) is 1.90. The van der Waals surface area contributed by atoms with Crippen molar-refractivity contribution in [1.29, 1.82) is 0 Å². The summed E-state index contributed by atoms with van der Waals surface area (Å²) >= 11 is 0. The van der Waals surface area contributed by atoms with E-state index in [1.807, 2.05) is 19.1 Å². The summed E-state index contributed by atoms with van der Waals surface area (Å²) < 4.78 is 5.45. The summed E-state index contributed by atoms with van der Waals surface area (Å²) in [6, 6.07) is 3.81. The zero-order valence-corrected chi connectivity index (χ0v) is 8.49. The normalized spacial score (nSPS) is 10.8. The maximum atomic E-state index is 10.4. The molecule has 0 aliphatic carbocycles. The topological polar surface area (TPSA) is 53.7 Å². The fourth-order valence-corrected chi connectivity index (χ4v) is 1.25. The van der Waals surface area contributed by atoms with E-state index < -0.39 is 5.97 Å². The quantitative estimate of drug-likeness (QED) is 0.774. The van der Waals surface area contributed by atoms with E-state index in [9.17, 15) is 4.79 Å². The van der Waals surface area contributed by atoms with Gasteiger partial charge in [0.1, 0.15) is 11.5 Å². The molecule has 0 radical (unpaired) electrons. The highest BCUT2D eigenvalue weighted by Crippen LogP contribution is 2.09. The van der Waals surface area contributed by atoms with Crippen LogP contribution >= 0.6 is 0 Å². The number of likely N-dealkylation sites (N-methyl/N-ethyl adjacent to an activating group) is 1. The second kappa shape index (κ2) is 4.81. The van der Waals surface area contributed by atoms with E-state index in [-0.39, 0.29) is 6.54 Å². The van der Waals surface area contributed by atoms with Gasteiger partial charge in [-0.15, -0.1) is 0 Å². The number of hydrogen-bond donors (Lipinski definition) is 1. The highest BCUT2D eigenvalue weighted by Gasteiger charge is 2.07. The Bertz CT molecular complexity index is 306. The average molecular weight is 197 g/mol. The van der Waals surface area contributed by atoms with Crippen LogP contribution < -0.4 is 0 Å². The van der Waals surface area contributed by atoms with E-state index in [4.69, 9.17) is 9.52 Å². The molecular weight excluding hydrogens is 182 g/mol. The van der Waals surface area contributed by atoms with E-state index in [1.54, 1.807) is 11.9 Å². The Kier molecular flexibility index (Phi) is 3.71. The summed E-state index contributed by atoms with van der Waals surface area (Å²) in [6.45, 7) is 2.58. The van der Waals surface area contributed by atoms with Crippen molar-refractivity contribution in [2.24, 2.45) is 0 Å². The molecule has 1 rings (SSSR count). The van der Waals surface area contributed by atoms with Crippen molar-refractivity contribution in [2.75, 3.05) is 13.6 Å². The summed E-state index contributed by atoms with van der Waals surface area (Å²) in [5.41, 5.74) is 0. The van der Waals surface area contributed by atoms with Crippen molar-refractivity contribution >= 4 is 5.97 Å². The number of aliphatic carboxylic acids is 1. The maximum absolute atomic E-state index is 10.4. The monoisotopic (exact) mass is 197 g/mol. The van der Waals surface area contributed by atoms with Crippen LogP contribution in [0, 0.1) is 0 Å². The van der Waals surface area contributed by atoms with Crippen LogP contribution in [-0.4, -0.2) is 29.6 Å². The first-order valence-electron chi connectivity index (χ1n) is 4.59. The van der Waals surface area contributed by atoms with Gasteiger partial charge in [0.25, 0.3) is 0 Å². The van der Waals surface area contributed by atoms with E-state index >= 15 is 0 Å². The Morgan fingerprint density at radius 1 is 1.50 bits per heavy atom. The predicted octanol–water partition coefficient (Wildman–Crippen LogP) is 1.36. The molecule has 0 amide bonds. The molecule has 0 aliphatic heterocycles. The zero-order valence-electron chi connectivity index (χ0n) is 8.49. The number of carboxylic acid groups (broad SMARTS) is 1. The molecule has 0 fully saturated rings. The van der Waals surface area contributed by atoms with Crippen molar-refractivity contribution in [3.63, 3.8) is 0 Å². The van der Waals surface area contributed by atoms with Crippen molar-refractivity contribution < 1.29 is 14.3 Å². The molecule has 0 unspecified atom stereocenters. The summed E-state index contributed by atoms with van der Waals surface area (Å²) in [5, 5.41) is 8.54. The lowest BCUT2D eigenvalue weighted by molar-refractivity contribution is -0.138. The summed E-state index contributed by atoms with van der Waals surface area (Å²) in [7, 11) is 1.75. The van der Waals surface area contributed by atoms with Crippen LogP contribution in [0.1, 0.15) is 18.4 Å². The van der Waals surface area contributed by atoms with Crippen molar-refractivity contribution in [3.05, 3.63) is 23.7 Å². The Hall–Kier alpha value is -1.29. The van der Waals surface area contributed by atoms with E-state index in [2.05, 4.69) is 0 Å². The number of aryl methyl sites for hydroxylation is 1. The van der Waals surface area contributed by atoms with Gasteiger partial charge in [0.2, 0.25) is 0 Å². The minimum atomic E-state index is -0.824. The largest absolute Gasteiger partial charge is 0.480 e. The first kappa shape index (κ1) is 10.8. The predicted molar refractivity (Wildman–Crippen MR) is 52.1 cm³/mol. The van der Waals surface area contributed by atoms with Crippen LogP contribution in [0.3, 0.4) is 0 Å². The number of rotatable bonds is 5. The number of carboxylic acids is 1. The number of hydrogen-bond acceptors (Lipinski definition) is 3. The third-order valence-electron chi connectivity index (χ3n) is 1.90. The van der Waals surface area contributed by atoms with Crippen molar-refractivity contribution in [3.8, 4) is 0 Å². The Balaban J connectivity index is 2.47. The van der Waals surface area contributed by atoms with Crippen molar-refractivity contribution in [1.82, 2.24) is 4.90 Å². The number of carbonyl (C=O) groups is 1. The van der Waals surface area contributed by atoms with E-state index in [0.29, 0.717) is 6.54 Å². The van der Waals surface area contributed by atoms with Gasteiger partial charge in [0, 0.05) is 6.42 Å². The van der Waals surface area contributed by atoms with E-state index in [0.717, 1.165) is 17.9 Å². The molecule has 0 atom stereocenters. The van der Waals surface area contributed by atoms with Crippen LogP contribution in [0.15, 0.2) is 16.5 Å². The van der Waals surface area contributed by atoms with Crippen LogP contribution in [0.2, 0.25) is 0 Å². The SMILES string of the molecule is CCc1ccc(CN(C)CC(=O)O)o1. The first-order valence-corrected chi connectivity index (χ1v) is 4.59. The minimum absolute atomic E-state index is 0.0299. The van der Waals surface area contributed by atoms with Crippen LogP contribution in [0.25, 0.3) is 0 Å². The molecule has 0 aromatic carbocycles. The summed E-state index contributed by atoms with van der Waals surface area (Å²) in [6.07, 6.45) is 0.864. The Morgan fingerprint density at radius 3 is 2.64 bits per heavy atom. The van der Waals surface area contributed by atoms with Crippen molar-refractivity contribution in [2.45, 2.75) is 19.9 Å². The highest BCUT2D eigenvalue weighted by atomic mass is 16.4. The lowest BCUT2D eigenvalue weighted by atomic mass is 10.3. The van der Waals surface area contributed by atoms with Gasteiger partial charge in [0.05, 0.1) is 13.1 Å². The second-order valence-electron chi connectivity index (χ2n) is 3.29. The van der Waals surface area contributed by atoms with Gasteiger partial charge in [0.15, 0.2) is 0 Å². The Morgan fingerprint density at radius 2 is 2.14 bits per heavy atom. The molecule has 14 heavy (non-hydrogen) atoms. The summed E-state index contributed by atoms with van der Waals surface area (Å²) in [5.74, 6) is 0.920.